The summed E-state index contributed by atoms with van der Waals surface area (Å²) in [7, 11) is 0. The highest BCUT2D eigenvalue weighted by atomic mass is 35.5. The third kappa shape index (κ3) is 5.25. The molecule has 1 aliphatic rings. The molecule has 1 aliphatic heterocycles. The Bertz CT molecular complexity index is 324. The third-order valence-corrected chi connectivity index (χ3v) is 2.84. The Labute approximate surface area is 120 Å². The second-order valence-electron chi connectivity index (χ2n) is 4.03. The van der Waals surface area contributed by atoms with Crippen molar-refractivity contribution in [2.45, 2.75) is 19.4 Å². The van der Waals surface area contributed by atoms with E-state index >= 15 is 0 Å². The maximum Gasteiger partial charge on any atom is 0.224 e. The van der Waals surface area contributed by atoms with Crippen LogP contribution in [0.1, 0.15) is 12.8 Å². The number of aryl methyl sites for hydroxylation is 1. The summed E-state index contributed by atoms with van der Waals surface area (Å²) in [6.45, 7) is 4.38. The second-order valence-corrected chi connectivity index (χ2v) is 4.03. The van der Waals surface area contributed by atoms with Gasteiger partial charge >= 0.3 is 0 Å². The molecule has 5 nitrogen and oxygen atoms in total. The van der Waals surface area contributed by atoms with E-state index in [9.17, 15) is 4.79 Å². The first-order valence-electron chi connectivity index (χ1n) is 5.80. The van der Waals surface area contributed by atoms with Crippen LogP contribution in [0.25, 0.3) is 0 Å². The molecule has 1 amide bonds. The van der Waals surface area contributed by atoms with E-state index in [0.717, 1.165) is 39.1 Å². The van der Waals surface area contributed by atoms with Crippen LogP contribution in [0.4, 0.5) is 0 Å². The van der Waals surface area contributed by atoms with E-state index in [4.69, 9.17) is 0 Å². The number of halogens is 2. The molecule has 1 aromatic rings. The first-order chi connectivity index (χ1) is 7.86. The Morgan fingerprint density at radius 2 is 2.11 bits per heavy atom. The van der Waals surface area contributed by atoms with E-state index in [1.54, 1.807) is 12.5 Å². The van der Waals surface area contributed by atoms with Gasteiger partial charge < -0.3 is 14.8 Å². The van der Waals surface area contributed by atoms with Crippen molar-refractivity contribution in [1.29, 1.82) is 0 Å². The van der Waals surface area contributed by atoms with Crippen molar-refractivity contribution in [3.05, 3.63) is 18.7 Å². The van der Waals surface area contributed by atoms with E-state index in [2.05, 4.69) is 10.3 Å². The topological polar surface area (TPSA) is 50.2 Å². The Kier molecular flexibility index (Phi) is 8.79. The lowest BCUT2D eigenvalue weighted by Crippen LogP contribution is -2.34. The van der Waals surface area contributed by atoms with Gasteiger partial charge in [0.15, 0.2) is 0 Å². The van der Waals surface area contributed by atoms with Crippen molar-refractivity contribution >= 4 is 30.7 Å². The maximum absolute atomic E-state index is 11.9. The van der Waals surface area contributed by atoms with Crippen LogP contribution in [0.3, 0.4) is 0 Å². The summed E-state index contributed by atoms with van der Waals surface area (Å²) in [6.07, 6.45) is 6.99. The summed E-state index contributed by atoms with van der Waals surface area (Å²) < 4.78 is 1.94. The van der Waals surface area contributed by atoms with Gasteiger partial charge in [-0.15, -0.1) is 24.8 Å². The molecule has 0 spiro atoms. The number of hydrogen-bond acceptors (Lipinski definition) is 3. The van der Waals surface area contributed by atoms with Gasteiger partial charge in [0.25, 0.3) is 0 Å². The maximum atomic E-state index is 11.9. The number of carbonyl (C=O) groups excluding carboxylic acids is 1. The number of nitrogens with one attached hydrogen (secondary N) is 1. The average molecular weight is 295 g/mol. The fourth-order valence-electron chi connectivity index (χ4n) is 1.90. The number of aromatic nitrogens is 2. The van der Waals surface area contributed by atoms with Crippen molar-refractivity contribution < 1.29 is 4.79 Å². The number of imidazole rings is 1. The molecule has 1 aromatic heterocycles. The lowest BCUT2D eigenvalue weighted by Gasteiger charge is -2.19. The summed E-state index contributed by atoms with van der Waals surface area (Å²) in [4.78, 5) is 17.8. The molecule has 1 saturated heterocycles. The molecule has 0 unspecified atom stereocenters. The molecule has 0 atom stereocenters. The first kappa shape index (κ1) is 17.2. The Morgan fingerprint density at radius 1 is 1.28 bits per heavy atom. The van der Waals surface area contributed by atoms with E-state index in [-0.39, 0.29) is 30.7 Å². The van der Waals surface area contributed by atoms with Crippen molar-refractivity contribution in [3.8, 4) is 0 Å². The summed E-state index contributed by atoms with van der Waals surface area (Å²) in [6, 6.07) is 0. The molecule has 0 aromatic carbocycles. The predicted octanol–water partition coefficient (Wildman–Crippen LogP) is 0.939. The summed E-state index contributed by atoms with van der Waals surface area (Å²) >= 11 is 0. The van der Waals surface area contributed by atoms with E-state index < -0.39 is 0 Å². The molecule has 1 fully saturated rings. The molecule has 2 heterocycles. The zero-order valence-corrected chi connectivity index (χ0v) is 11.9. The molecule has 0 saturated carbocycles. The number of carbonyl (C=O) groups is 1. The minimum Gasteiger partial charge on any atom is -0.341 e. The highest BCUT2D eigenvalue weighted by molar-refractivity contribution is 5.85. The summed E-state index contributed by atoms with van der Waals surface area (Å²) in [5, 5.41) is 3.29. The van der Waals surface area contributed by atoms with Crippen LogP contribution in [0.5, 0.6) is 0 Å². The summed E-state index contributed by atoms with van der Waals surface area (Å²) in [5.74, 6) is 0.248. The highest BCUT2D eigenvalue weighted by Crippen LogP contribution is 2.01. The number of rotatable bonds is 3. The number of nitrogens with zero attached hydrogens (tertiary/aromatic N) is 3. The Morgan fingerprint density at radius 3 is 2.83 bits per heavy atom. The lowest BCUT2D eigenvalue weighted by molar-refractivity contribution is -0.131. The molecule has 7 heteroatoms. The van der Waals surface area contributed by atoms with E-state index in [1.165, 1.54) is 0 Å². The van der Waals surface area contributed by atoms with Gasteiger partial charge in [-0.1, -0.05) is 0 Å². The third-order valence-electron chi connectivity index (χ3n) is 2.84. The van der Waals surface area contributed by atoms with Gasteiger partial charge in [-0.3, -0.25) is 4.79 Å². The molecule has 0 aliphatic carbocycles. The van der Waals surface area contributed by atoms with Crippen LogP contribution in [-0.4, -0.2) is 46.5 Å². The molecular formula is C11H20Cl2N4O. The van der Waals surface area contributed by atoms with Gasteiger partial charge in [-0.2, -0.15) is 0 Å². The molecule has 1 N–H and O–H groups in total. The fourth-order valence-corrected chi connectivity index (χ4v) is 1.90. The zero-order chi connectivity index (χ0) is 11.2. The second kappa shape index (κ2) is 9.19. The molecule has 104 valence electrons. The van der Waals surface area contributed by atoms with Crippen LogP contribution in [0, 0.1) is 0 Å². The Balaban J connectivity index is 0.00000144. The Hall–Kier alpha value is -0.780. The summed E-state index contributed by atoms with van der Waals surface area (Å²) in [5.41, 5.74) is 0. The van der Waals surface area contributed by atoms with E-state index in [0.29, 0.717) is 6.42 Å². The predicted molar refractivity (Wildman–Crippen MR) is 75.4 cm³/mol. The minimum absolute atomic E-state index is 0. The molecular weight excluding hydrogens is 275 g/mol. The standard InChI is InChI=1S/C11H18N4O.2ClH/c16-11(2-7-14-8-4-13-10-14)15-6-1-3-12-5-9-15;;/h4,8,10,12H,1-3,5-7,9H2;2*1H. The molecule has 18 heavy (non-hydrogen) atoms. The smallest absolute Gasteiger partial charge is 0.224 e. The van der Waals surface area contributed by atoms with Crippen molar-refractivity contribution in [2.75, 3.05) is 26.2 Å². The van der Waals surface area contributed by atoms with Crippen molar-refractivity contribution in [3.63, 3.8) is 0 Å². The zero-order valence-electron chi connectivity index (χ0n) is 10.2. The molecule has 2 rings (SSSR count). The lowest BCUT2D eigenvalue weighted by atomic mass is 10.3. The number of amides is 1. The molecule has 0 radical (unpaired) electrons. The fraction of sp³-hybridized carbons (Fsp3) is 0.636. The highest BCUT2D eigenvalue weighted by Gasteiger charge is 2.14. The van der Waals surface area contributed by atoms with Crippen LogP contribution >= 0.6 is 24.8 Å². The number of hydrogen-bond donors (Lipinski definition) is 1. The van der Waals surface area contributed by atoms with Crippen LogP contribution in [-0.2, 0) is 11.3 Å². The van der Waals surface area contributed by atoms with Gasteiger partial charge in [0.1, 0.15) is 0 Å². The van der Waals surface area contributed by atoms with Gasteiger partial charge in [0, 0.05) is 45.0 Å². The quantitative estimate of drug-likeness (QED) is 0.903. The van der Waals surface area contributed by atoms with Crippen LogP contribution in [0.15, 0.2) is 18.7 Å². The average Bonchev–Trinajstić information content (AvgIpc) is 2.66. The van der Waals surface area contributed by atoms with E-state index in [1.807, 2.05) is 15.7 Å². The van der Waals surface area contributed by atoms with Crippen LogP contribution < -0.4 is 5.32 Å². The largest absolute Gasteiger partial charge is 0.341 e. The minimum atomic E-state index is 0. The van der Waals surface area contributed by atoms with Crippen molar-refractivity contribution in [1.82, 2.24) is 19.8 Å². The normalized spacial score (nSPS) is 15.2. The van der Waals surface area contributed by atoms with Gasteiger partial charge in [0.05, 0.1) is 6.33 Å². The van der Waals surface area contributed by atoms with Gasteiger partial charge in [0.2, 0.25) is 5.91 Å². The molecule has 0 bridgehead atoms. The SMILES string of the molecule is Cl.Cl.O=C(CCn1ccnc1)N1CCCNCC1. The first-order valence-corrected chi connectivity index (χ1v) is 5.80. The monoisotopic (exact) mass is 294 g/mol. The van der Waals surface area contributed by atoms with Gasteiger partial charge in [-0.25, -0.2) is 4.98 Å². The van der Waals surface area contributed by atoms with Crippen molar-refractivity contribution in [2.24, 2.45) is 0 Å². The van der Waals surface area contributed by atoms with Gasteiger partial charge in [-0.05, 0) is 13.0 Å². The van der Waals surface area contributed by atoms with Crippen LogP contribution in [0.2, 0.25) is 0 Å².